The molecule has 1 N–H and O–H groups in total. The molecule has 0 aliphatic heterocycles. The average molecular weight is 440 g/mol. The molecule has 1 aromatic carbocycles. The van der Waals surface area contributed by atoms with E-state index in [2.05, 4.69) is 46.0 Å². The van der Waals surface area contributed by atoms with Gasteiger partial charge in [-0.3, -0.25) is 0 Å². The van der Waals surface area contributed by atoms with E-state index in [0.717, 1.165) is 36.8 Å². The molecule has 0 saturated heterocycles. The minimum Gasteiger partial charge on any atom is -0.493 e. The summed E-state index contributed by atoms with van der Waals surface area (Å²) >= 11 is 0. The molecule has 0 unspecified atom stereocenters. The predicted octanol–water partition coefficient (Wildman–Crippen LogP) is 8.69. The molecule has 1 fully saturated rings. The number of benzene rings is 1. The normalized spacial score (nSPS) is 12.3. The van der Waals surface area contributed by atoms with Gasteiger partial charge in [0.15, 0.2) is 11.5 Å². The molecule has 1 saturated carbocycles. The fourth-order valence-corrected chi connectivity index (χ4v) is 3.17. The molecule has 2 rings (SSSR count). The predicted molar refractivity (Wildman–Crippen MR) is 142 cm³/mol. The molecule has 0 spiro atoms. The Hall–Kier alpha value is -1.22. The Labute approximate surface area is 196 Å². The smallest absolute Gasteiger partial charge is 0.160 e. The molecule has 1 aromatic rings. The molecule has 0 amide bonds. The average Bonchev–Trinajstić information content (AvgIpc) is 2.83. The summed E-state index contributed by atoms with van der Waals surface area (Å²) < 4.78 is 10.3. The van der Waals surface area contributed by atoms with E-state index >= 15 is 0 Å². The van der Waals surface area contributed by atoms with E-state index in [-0.39, 0.29) is 0 Å². The quantitative estimate of drug-likeness (QED) is 0.461. The third-order valence-corrected chi connectivity index (χ3v) is 4.79. The number of ether oxygens (including phenoxy) is 2. The first-order valence-corrected chi connectivity index (χ1v) is 12.9. The largest absolute Gasteiger partial charge is 0.493 e. The van der Waals surface area contributed by atoms with Gasteiger partial charge < -0.3 is 14.8 Å². The first-order valence-electron chi connectivity index (χ1n) is 12.9. The van der Waals surface area contributed by atoms with Crippen LogP contribution in [0.5, 0.6) is 11.5 Å². The van der Waals surface area contributed by atoms with E-state index < -0.39 is 0 Å². The standard InChI is InChI=1S/C11H16O2.C8H16.C4H11N.C3H8.C2H6/c1-4-5-9-6-7-10(12-2)11(8-9)13-3;1-2-8-6-4-3-5-7-8;1-3-4-5-2;1-3-2;1-2/h6-8H,4-5H2,1-3H3;8H,2-7H2,1H3;5H,3-4H2,1-2H3;3H2,1-2H3;1-2H3. The van der Waals surface area contributed by atoms with Crippen LogP contribution in [0.4, 0.5) is 0 Å². The summed E-state index contributed by atoms with van der Waals surface area (Å²) in [5.74, 6) is 2.69. The van der Waals surface area contributed by atoms with Gasteiger partial charge in [-0.05, 0) is 50.0 Å². The third-order valence-electron chi connectivity index (χ3n) is 4.79. The summed E-state index contributed by atoms with van der Waals surface area (Å²) in [6.45, 7) is 16.0. The minimum atomic E-state index is 0.794. The monoisotopic (exact) mass is 439 g/mol. The number of methoxy groups -OCH3 is 2. The van der Waals surface area contributed by atoms with Gasteiger partial charge >= 0.3 is 0 Å². The Balaban J connectivity index is -0.000000372. The fourth-order valence-electron chi connectivity index (χ4n) is 3.17. The Morgan fingerprint density at radius 3 is 1.71 bits per heavy atom. The van der Waals surface area contributed by atoms with E-state index in [0.29, 0.717) is 0 Å². The van der Waals surface area contributed by atoms with Gasteiger partial charge in [-0.1, -0.05) is 106 Å². The maximum Gasteiger partial charge on any atom is 0.160 e. The number of aryl methyl sites for hydroxylation is 1. The van der Waals surface area contributed by atoms with Gasteiger partial charge in [-0.15, -0.1) is 0 Å². The van der Waals surface area contributed by atoms with E-state index in [1.54, 1.807) is 14.2 Å². The summed E-state index contributed by atoms with van der Waals surface area (Å²) in [7, 11) is 5.27. The fraction of sp³-hybridized carbons (Fsp3) is 0.786. The first-order chi connectivity index (χ1) is 15.1. The van der Waals surface area contributed by atoms with Gasteiger partial charge in [-0.2, -0.15) is 0 Å². The molecule has 31 heavy (non-hydrogen) atoms. The highest BCUT2D eigenvalue weighted by atomic mass is 16.5. The second-order valence-corrected chi connectivity index (χ2v) is 7.66. The van der Waals surface area contributed by atoms with E-state index in [9.17, 15) is 0 Å². The summed E-state index contributed by atoms with van der Waals surface area (Å²) in [4.78, 5) is 0. The Bertz CT molecular complexity index is 441. The summed E-state index contributed by atoms with van der Waals surface area (Å²) in [5, 5.41) is 3.02. The zero-order valence-corrected chi connectivity index (χ0v) is 22.9. The van der Waals surface area contributed by atoms with Gasteiger partial charge in [0.25, 0.3) is 0 Å². The highest BCUT2D eigenvalue weighted by molar-refractivity contribution is 5.42. The molecule has 0 atom stereocenters. The van der Waals surface area contributed by atoms with Crippen LogP contribution in [-0.2, 0) is 6.42 Å². The van der Waals surface area contributed by atoms with Crippen LogP contribution < -0.4 is 14.8 Å². The highest BCUT2D eigenvalue weighted by Gasteiger charge is 2.09. The van der Waals surface area contributed by atoms with Crippen LogP contribution in [0.3, 0.4) is 0 Å². The molecule has 3 heteroatoms. The van der Waals surface area contributed by atoms with Crippen LogP contribution >= 0.6 is 0 Å². The highest BCUT2D eigenvalue weighted by Crippen LogP contribution is 2.28. The van der Waals surface area contributed by atoms with Gasteiger partial charge in [-0.25, -0.2) is 0 Å². The molecule has 1 aliphatic rings. The Morgan fingerprint density at radius 1 is 0.839 bits per heavy atom. The van der Waals surface area contributed by atoms with Gasteiger partial charge in [0.2, 0.25) is 0 Å². The molecule has 3 nitrogen and oxygen atoms in total. The lowest BCUT2D eigenvalue weighted by Gasteiger charge is -2.18. The minimum absolute atomic E-state index is 0.794. The van der Waals surface area contributed by atoms with Crippen LogP contribution in [-0.4, -0.2) is 27.8 Å². The summed E-state index contributed by atoms with van der Waals surface area (Å²) in [6, 6.07) is 6.05. The van der Waals surface area contributed by atoms with Gasteiger partial charge in [0, 0.05) is 0 Å². The molecule has 0 aromatic heterocycles. The van der Waals surface area contributed by atoms with Crippen molar-refractivity contribution in [3.8, 4) is 11.5 Å². The lowest BCUT2D eigenvalue weighted by molar-refractivity contribution is 0.349. The van der Waals surface area contributed by atoms with Crippen molar-refractivity contribution >= 4 is 0 Å². The molecule has 0 radical (unpaired) electrons. The maximum atomic E-state index is 5.20. The Morgan fingerprint density at radius 2 is 1.39 bits per heavy atom. The second kappa shape index (κ2) is 28.8. The molecule has 1 aliphatic carbocycles. The van der Waals surface area contributed by atoms with Gasteiger partial charge in [0.05, 0.1) is 14.2 Å². The van der Waals surface area contributed by atoms with Crippen LogP contribution in [0, 0.1) is 5.92 Å². The summed E-state index contributed by atoms with van der Waals surface area (Å²) in [6.07, 6.45) is 13.6. The van der Waals surface area contributed by atoms with E-state index in [4.69, 9.17) is 9.47 Å². The van der Waals surface area contributed by atoms with Gasteiger partial charge in [0.1, 0.15) is 0 Å². The van der Waals surface area contributed by atoms with Crippen LogP contribution in [0.25, 0.3) is 0 Å². The number of rotatable bonds is 7. The van der Waals surface area contributed by atoms with E-state index in [1.807, 2.05) is 33.0 Å². The lowest BCUT2D eigenvalue weighted by Crippen LogP contribution is -2.04. The van der Waals surface area contributed by atoms with Crippen molar-refractivity contribution in [3.05, 3.63) is 23.8 Å². The van der Waals surface area contributed by atoms with Crippen LogP contribution in [0.1, 0.15) is 112 Å². The van der Waals surface area contributed by atoms with Crippen LogP contribution in [0.2, 0.25) is 0 Å². The van der Waals surface area contributed by atoms with Crippen molar-refractivity contribution in [2.45, 2.75) is 113 Å². The van der Waals surface area contributed by atoms with Crippen molar-refractivity contribution in [1.29, 1.82) is 0 Å². The van der Waals surface area contributed by atoms with E-state index in [1.165, 1.54) is 56.9 Å². The third kappa shape index (κ3) is 21.8. The Kier molecular flexibility index (Phi) is 31.9. The molecule has 0 bridgehead atoms. The SMILES string of the molecule is CC.CCC.CCC1CCCCC1.CCCNC.CCCc1ccc(OC)c(OC)c1. The number of nitrogens with one attached hydrogen (secondary N) is 1. The van der Waals surface area contributed by atoms with Crippen molar-refractivity contribution in [3.63, 3.8) is 0 Å². The molecular formula is C28H57NO2. The maximum absolute atomic E-state index is 5.20. The van der Waals surface area contributed by atoms with Crippen molar-refractivity contribution in [1.82, 2.24) is 5.32 Å². The molecular weight excluding hydrogens is 382 g/mol. The summed E-state index contributed by atoms with van der Waals surface area (Å²) in [5.41, 5.74) is 1.29. The number of hydrogen-bond acceptors (Lipinski definition) is 3. The topological polar surface area (TPSA) is 30.5 Å². The van der Waals surface area contributed by atoms with Crippen molar-refractivity contribution < 1.29 is 9.47 Å². The number of hydrogen-bond donors (Lipinski definition) is 1. The van der Waals surface area contributed by atoms with Crippen molar-refractivity contribution in [2.75, 3.05) is 27.8 Å². The molecule has 0 heterocycles. The molecule has 186 valence electrons. The van der Waals surface area contributed by atoms with Crippen molar-refractivity contribution in [2.24, 2.45) is 5.92 Å². The second-order valence-electron chi connectivity index (χ2n) is 7.66. The van der Waals surface area contributed by atoms with Crippen LogP contribution in [0.15, 0.2) is 18.2 Å². The zero-order chi connectivity index (χ0) is 24.3. The zero-order valence-electron chi connectivity index (χ0n) is 22.9. The first kappa shape index (κ1) is 34.4. The lowest BCUT2D eigenvalue weighted by atomic mass is 9.88.